The normalized spacial score (nSPS) is 10.6. The standard InChI is InChI=1S/C14H15ClN2O4S/c1-8(2)21-11-5-4-9(6-12(11)19-3)14(18)20-7-10-13(15)22-17-16-10/h4-6,8H,7H2,1-3H3. The van der Waals surface area contributed by atoms with Gasteiger partial charge in [-0.3, -0.25) is 0 Å². The van der Waals surface area contributed by atoms with Crippen molar-refractivity contribution in [2.75, 3.05) is 7.11 Å². The molecule has 1 aromatic heterocycles. The van der Waals surface area contributed by atoms with E-state index in [9.17, 15) is 4.79 Å². The summed E-state index contributed by atoms with van der Waals surface area (Å²) in [4.78, 5) is 12.0. The van der Waals surface area contributed by atoms with Crippen LogP contribution in [0.2, 0.25) is 4.34 Å². The van der Waals surface area contributed by atoms with Gasteiger partial charge in [-0.2, -0.15) is 0 Å². The first-order valence-electron chi connectivity index (χ1n) is 6.49. The molecule has 22 heavy (non-hydrogen) atoms. The first-order valence-corrected chi connectivity index (χ1v) is 7.65. The number of hydrogen-bond donors (Lipinski definition) is 0. The fourth-order valence-corrected chi connectivity index (χ4v) is 2.25. The van der Waals surface area contributed by atoms with Crippen LogP contribution in [0, 0.1) is 0 Å². The molecule has 1 heterocycles. The van der Waals surface area contributed by atoms with Crippen molar-refractivity contribution >= 4 is 29.1 Å². The van der Waals surface area contributed by atoms with E-state index in [0.717, 1.165) is 11.5 Å². The summed E-state index contributed by atoms with van der Waals surface area (Å²) in [6.07, 6.45) is 0.00556. The predicted octanol–water partition coefficient (Wildman–Crippen LogP) is 3.34. The summed E-state index contributed by atoms with van der Waals surface area (Å²) in [5.74, 6) is 0.538. The van der Waals surface area contributed by atoms with Crippen LogP contribution in [0.3, 0.4) is 0 Å². The molecular formula is C14H15ClN2O4S. The van der Waals surface area contributed by atoms with Gasteiger partial charge in [0.2, 0.25) is 0 Å². The van der Waals surface area contributed by atoms with Crippen LogP contribution in [0.5, 0.6) is 11.5 Å². The molecule has 0 aliphatic heterocycles. The summed E-state index contributed by atoms with van der Waals surface area (Å²) in [7, 11) is 1.51. The zero-order chi connectivity index (χ0) is 16.1. The fraction of sp³-hybridized carbons (Fsp3) is 0.357. The number of hydrogen-bond acceptors (Lipinski definition) is 7. The van der Waals surface area contributed by atoms with E-state index < -0.39 is 5.97 Å². The van der Waals surface area contributed by atoms with E-state index in [2.05, 4.69) is 9.59 Å². The molecule has 0 radical (unpaired) electrons. The molecule has 0 saturated carbocycles. The van der Waals surface area contributed by atoms with Gasteiger partial charge < -0.3 is 14.2 Å². The third-order valence-corrected chi connectivity index (χ3v) is 3.60. The van der Waals surface area contributed by atoms with Gasteiger partial charge in [-0.15, -0.1) is 5.10 Å². The fourth-order valence-electron chi connectivity index (χ4n) is 1.65. The van der Waals surface area contributed by atoms with Crippen LogP contribution >= 0.6 is 23.1 Å². The maximum atomic E-state index is 12.0. The van der Waals surface area contributed by atoms with Crippen molar-refractivity contribution in [2.45, 2.75) is 26.6 Å². The molecule has 6 nitrogen and oxygen atoms in total. The lowest BCUT2D eigenvalue weighted by atomic mass is 10.2. The SMILES string of the molecule is COc1cc(C(=O)OCc2nnsc2Cl)ccc1OC(C)C. The maximum Gasteiger partial charge on any atom is 0.338 e. The molecule has 2 aromatic rings. The van der Waals surface area contributed by atoms with Crippen LogP contribution in [0.1, 0.15) is 29.9 Å². The van der Waals surface area contributed by atoms with Crippen molar-refractivity contribution in [3.05, 3.63) is 33.8 Å². The number of rotatable bonds is 6. The average Bonchev–Trinajstić information content (AvgIpc) is 2.90. The lowest BCUT2D eigenvalue weighted by molar-refractivity contribution is 0.0467. The number of esters is 1. The number of benzene rings is 1. The Morgan fingerprint density at radius 3 is 2.73 bits per heavy atom. The average molecular weight is 343 g/mol. The highest BCUT2D eigenvalue weighted by atomic mass is 35.5. The molecule has 0 aliphatic carbocycles. The van der Waals surface area contributed by atoms with E-state index in [1.54, 1.807) is 18.2 Å². The number of carbonyl (C=O) groups is 1. The molecule has 118 valence electrons. The molecule has 0 amide bonds. The number of halogens is 1. The number of methoxy groups -OCH3 is 1. The summed E-state index contributed by atoms with van der Waals surface area (Å²) in [5.41, 5.74) is 0.791. The Hall–Kier alpha value is -1.86. The third kappa shape index (κ3) is 4.08. The van der Waals surface area contributed by atoms with Crippen LogP contribution in [-0.2, 0) is 11.3 Å². The maximum absolute atomic E-state index is 12.0. The van der Waals surface area contributed by atoms with E-state index in [-0.39, 0.29) is 12.7 Å². The highest BCUT2D eigenvalue weighted by Crippen LogP contribution is 2.29. The molecule has 8 heteroatoms. The monoisotopic (exact) mass is 342 g/mol. The second kappa shape index (κ2) is 7.42. The molecule has 0 saturated heterocycles. The van der Waals surface area contributed by atoms with E-state index >= 15 is 0 Å². The lowest BCUT2D eigenvalue weighted by Gasteiger charge is -2.14. The molecule has 0 aliphatic rings. The van der Waals surface area contributed by atoms with E-state index in [4.69, 9.17) is 25.8 Å². The zero-order valence-corrected chi connectivity index (χ0v) is 13.9. The van der Waals surface area contributed by atoms with Crippen LogP contribution < -0.4 is 9.47 Å². The van der Waals surface area contributed by atoms with Gasteiger partial charge in [-0.25, -0.2) is 4.79 Å². The summed E-state index contributed by atoms with van der Waals surface area (Å²) in [6.45, 7) is 3.79. The van der Waals surface area contributed by atoms with Gasteiger partial charge in [0.25, 0.3) is 0 Å². The minimum absolute atomic E-state index is 0.00556. The first kappa shape index (κ1) is 16.5. The Labute approximate surface area is 137 Å². The van der Waals surface area contributed by atoms with Gasteiger partial charge in [0.1, 0.15) is 16.6 Å². The topological polar surface area (TPSA) is 70.5 Å². The van der Waals surface area contributed by atoms with Crippen LogP contribution in [0.25, 0.3) is 0 Å². The molecular weight excluding hydrogens is 328 g/mol. The van der Waals surface area contributed by atoms with Crippen LogP contribution in [0.4, 0.5) is 0 Å². The zero-order valence-electron chi connectivity index (χ0n) is 12.3. The first-order chi connectivity index (χ1) is 10.5. The predicted molar refractivity (Wildman–Crippen MR) is 82.8 cm³/mol. The van der Waals surface area contributed by atoms with Gasteiger partial charge in [0, 0.05) is 11.5 Å². The highest BCUT2D eigenvalue weighted by Gasteiger charge is 2.15. The summed E-state index contributed by atoms with van der Waals surface area (Å²) in [5, 5.41) is 3.78. The Balaban J connectivity index is 2.08. The Morgan fingerprint density at radius 1 is 1.36 bits per heavy atom. The second-order valence-corrected chi connectivity index (χ2v) is 5.96. The Morgan fingerprint density at radius 2 is 2.14 bits per heavy atom. The molecule has 0 atom stereocenters. The highest BCUT2D eigenvalue weighted by molar-refractivity contribution is 7.10. The van der Waals surface area contributed by atoms with E-state index in [1.807, 2.05) is 13.8 Å². The number of aromatic nitrogens is 2. The van der Waals surface area contributed by atoms with Gasteiger partial charge in [0.15, 0.2) is 11.5 Å². The summed E-state index contributed by atoms with van der Waals surface area (Å²) < 4.78 is 20.1. The van der Waals surface area contributed by atoms with Crippen molar-refractivity contribution < 1.29 is 19.0 Å². The third-order valence-electron chi connectivity index (χ3n) is 2.61. The van der Waals surface area contributed by atoms with E-state index in [0.29, 0.717) is 27.1 Å². The quantitative estimate of drug-likeness (QED) is 0.750. The molecule has 0 bridgehead atoms. The van der Waals surface area contributed by atoms with Gasteiger partial charge in [0.05, 0.1) is 18.8 Å². The molecule has 0 N–H and O–H groups in total. The van der Waals surface area contributed by atoms with Crippen molar-refractivity contribution in [3.8, 4) is 11.5 Å². The van der Waals surface area contributed by atoms with Crippen LogP contribution in [0.15, 0.2) is 18.2 Å². The van der Waals surface area contributed by atoms with Gasteiger partial charge in [-0.1, -0.05) is 16.1 Å². The minimum Gasteiger partial charge on any atom is -0.493 e. The smallest absolute Gasteiger partial charge is 0.338 e. The second-order valence-electron chi connectivity index (χ2n) is 4.60. The van der Waals surface area contributed by atoms with Crippen LogP contribution in [-0.4, -0.2) is 28.8 Å². The molecule has 0 spiro atoms. The van der Waals surface area contributed by atoms with Gasteiger partial charge >= 0.3 is 5.97 Å². The molecule has 2 rings (SSSR count). The largest absolute Gasteiger partial charge is 0.493 e. The van der Waals surface area contributed by atoms with E-state index in [1.165, 1.54) is 7.11 Å². The Kier molecular flexibility index (Phi) is 5.57. The number of ether oxygens (including phenoxy) is 3. The number of nitrogens with zero attached hydrogens (tertiary/aromatic N) is 2. The number of carbonyl (C=O) groups excluding carboxylic acids is 1. The summed E-state index contributed by atoms with van der Waals surface area (Å²) >= 11 is 6.89. The van der Waals surface area contributed by atoms with Crippen molar-refractivity contribution in [1.82, 2.24) is 9.59 Å². The Bertz CT molecular complexity index is 660. The van der Waals surface area contributed by atoms with Crippen molar-refractivity contribution in [3.63, 3.8) is 0 Å². The minimum atomic E-state index is -0.501. The molecule has 0 unspecified atom stereocenters. The van der Waals surface area contributed by atoms with Crippen molar-refractivity contribution in [2.24, 2.45) is 0 Å². The van der Waals surface area contributed by atoms with Crippen molar-refractivity contribution in [1.29, 1.82) is 0 Å². The lowest BCUT2D eigenvalue weighted by Crippen LogP contribution is -2.09. The summed E-state index contributed by atoms with van der Waals surface area (Å²) in [6, 6.07) is 4.86. The molecule has 0 fully saturated rings. The van der Waals surface area contributed by atoms with Gasteiger partial charge in [-0.05, 0) is 32.0 Å². The molecule has 1 aromatic carbocycles.